The fourth-order valence-electron chi connectivity index (χ4n) is 8.75. The number of rotatable bonds is 18. The zero-order valence-electron chi connectivity index (χ0n) is 32.6. The van der Waals surface area contributed by atoms with Gasteiger partial charge in [-0.25, -0.2) is 0 Å². The third-order valence-electron chi connectivity index (χ3n) is 11.3. The number of benzene rings is 3. The number of thioether (sulfide) groups is 1. The van der Waals surface area contributed by atoms with Gasteiger partial charge in [0.1, 0.15) is 29.9 Å². The number of fused-ring (bicyclic) bond motifs is 2. The van der Waals surface area contributed by atoms with Gasteiger partial charge in [0.25, 0.3) is 5.91 Å². The van der Waals surface area contributed by atoms with Gasteiger partial charge in [-0.3, -0.25) is 4.79 Å². The van der Waals surface area contributed by atoms with E-state index in [-0.39, 0.29) is 43.5 Å². The molecule has 3 aromatic rings. The van der Waals surface area contributed by atoms with Gasteiger partial charge in [-0.15, -0.1) is 18.3 Å². The number of ether oxygens (including phenoxy) is 3. The van der Waals surface area contributed by atoms with Gasteiger partial charge in [0.2, 0.25) is 5.79 Å². The third-order valence-corrected chi connectivity index (χ3v) is 12.0. The maximum Gasteiger partial charge on any atom is 0.254 e. The highest BCUT2D eigenvalue weighted by molar-refractivity contribution is 7.98. The first kappa shape index (κ1) is 41.0. The molecule has 6 rings (SSSR count). The molecule has 1 saturated carbocycles. The van der Waals surface area contributed by atoms with Crippen molar-refractivity contribution >= 4 is 23.4 Å². The van der Waals surface area contributed by atoms with Crippen LogP contribution in [0.15, 0.2) is 101 Å². The molecule has 0 bridgehead atoms. The Morgan fingerprint density at radius 2 is 1.77 bits per heavy atom. The Balaban J connectivity index is 1.55. The van der Waals surface area contributed by atoms with Crippen LogP contribution in [0.25, 0.3) is 0 Å². The van der Waals surface area contributed by atoms with E-state index in [0.29, 0.717) is 48.5 Å². The van der Waals surface area contributed by atoms with E-state index in [1.807, 2.05) is 49.6 Å². The van der Waals surface area contributed by atoms with Crippen LogP contribution >= 0.6 is 11.8 Å². The Morgan fingerprint density at radius 1 is 1.05 bits per heavy atom. The Hall–Kier alpha value is -4.60. The van der Waals surface area contributed by atoms with Crippen molar-refractivity contribution in [3.8, 4) is 23.3 Å². The van der Waals surface area contributed by atoms with Crippen LogP contribution in [0.2, 0.25) is 0 Å². The number of nitrogens with zero attached hydrogens (tertiary/aromatic N) is 3. The number of hydrogen-bond acceptors (Lipinski definition) is 10. The van der Waals surface area contributed by atoms with Crippen LogP contribution in [0.5, 0.6) is 17.2 Å². The van der Waals surface area contributed by atoms with Crippen LogP contribution in [0.4, 0.5) is 0 Å². The topological polar surface area (TPSA) is 134 Å². The van der Waals surface area contributed by atoms with Crippen molar-refractivity contribution in [3.05, 3.63) is 108 Å². The molecule has 0 saturated heterocycles. The second kappa shape index (κ2) is 19.0. The van der Waals surface area contributed by atoms with Crippen LogP contribution in [-0.2, 0) is 9.57 Å². The fraction of sp³-hybridized carbons (Fsp3) is 0.444. The first-order valence-electron chi connectivity index (χ1n) is 19.6. The van der Waals surface area contributed by atoms with Gasteiger partial charge in [0, 0.05) is 48.6 Å². The minimum atomic E-state index is -1.36. The molecule has 2 aliphatic carbocycles. The average molecular weight is 780 g/mol. The Labute approximate surface area is 334 Å². The van der Waals surface area contributed by atoms with E-state index in [9.17, 15) is 20.3 Å². The lowest BCUT2D eigenvalue weighted by molar-refractivity contribution is -0.252. The van der Waals surface area contributed by atoms with E-state index in [1.165, 1.54) is 0 Å². The van der Waals surface area contributed by atoms with Crippen molar-refractivity contribution in [2.24, 2.45) is 22.9 Å². The lowest BCUT2D eigenvalue weighted by Gasteiger charge is -2.59. The second-order valence-electron chi connectivity index (χ2n) is 14.6. The molecule has 1 aliphatic heterocycles. The number of unbranched alkanes of at least 4 members (excludes halogenated alkanes) is 2. The molecule has 0 spiro atoms. The summed E-state index contributed by atoms with van der Waals surface area (Å²) in [5.74, 6) is 0.0540. The summed E-state index contributed by atoms with van der Waals surface area (Å²) in [6.45, 7) is 6.65. The molecule has 3 aromatic carbocycles. The van der Waals surface area contributed by atoms with Gasteiger partial charge in [-0.05, 0) is 123 Å². The predicted molar refractivity (Wildman–Crippen MR) is 218 cm³/mol. The van der Waals surface area contributed by atoms with Crippen molar-refractivity contribution in [1.82, 2.24) is 4.90 Å². The number of oxime groups is 1. The number of nitriles is 1. The smallest absolute Gasteiger partial charge is 0.254 e. The van der Waals surface area contributed by atoms with Crippen molar-refractivity contribution in [1.29, 1.82) is 5.26 Å². The van der Waals surface area contributed by atoms with E-state index < -0.39 is 17.7 Å². The van der Waals surface area contributed by atoms with Crippen molar-refractivity contribution in [3.63, 3.8) is 0 Å². The summed E-state index contributed by atoms with van der Waals surface area (Å²) < 4.78 is 20.7. The first-order valence-corrected chi connectivity index (χ1v) is 20.8. The molecular weight excluding hydrogens is 727 g/mol. The van der Waals surface area contributed by atoms with Crippen molar-refractivity contribution in [2.75, 3.05) is 39.7 Å². The summed E-state index contributed by atoms with van der Waals surface area (Å²) in [5, 5.41) is 33.8. The molecule has 11 heteroatoms. The molecule has 10 nitrogen and oxygen atoms in total. The number of carbonyl (C=O) groups is 1. The number of aliphatic hydroxyl groups is 2. The first-order chi connectivity index (χ1) is 27.3. The van der Waals surface area contributed by atoms with E-state index in [2.05, 4.69) is 24.8 Å². The highest BCUT2D eigenvalue weighted by Gasteiger charge is 2.65. The summed E-state index contributed by atoms with van der Waals surface area (Å²) in [5.41, 5.74) is 3.59. The van der Waals surface area contributed by atoms with Crippen LogP contribution in [0.1, 0.15) is 79.3 Å². The second-order valence-corrected chi connectivity index (χ2v) is 15.5. The molecule has 0 aromatic heterocycles. The molecule has 1 fully saturated rings. The zero-order chi connectivity index (χ0) is 39.7. The molecule has 56 heavy (non-hydrogen) atoms. The molecule has 1 heterocycles. The molecule has 6 atom stereocenters. The molecule has 2 N–H and O–H groups in total. The van der Waals surface area contributed by atoms with E-state index >= 15 is 0 Å². The normalized spacial score (nSPS) is 24.2. The number of carbonyl (C=O) groups excluding carboxylic acids is 1. The highest BCUT2D eigenvalue weighted by Crippen LogP contribution is 2.62. The van der Waals surface area contributed by atoms with Gasteiger partial charge < -0.3 is 34.2 Å². The third kappa shape index (κ3) is 8.54. The Kier molecular flexibility index (Phi) is 13.9. The quantitative estimate of drug-likeness (QED) is 0.0564. The SMILES string of the molecule is C=CCOC12Oc3ccc(Oc4ccc(SC)cc4)cc3C3C(CCCCO)C(CCCCO)C=C(C(=NOCC)CC1N(C)C(=O)c1ccc(C#N)cc1)C32. The Bertz CT molecular complexity index is 1920. The highest BCUT2D eigenvalue weighted by atomic mass is 32.2. The maximum atomic E-state index is 14.4. The lowest BCUT2D eigenvalue weighted by Crippen LogP contribution is -2.69. The van der Waals surface area contributed by atoms with E-state index in [1.54, 1.807) is 54.1 Å². The molecule has 296 valence electrons. The summed E-state index contributed by atoms with van der Waals surface area (Å²) in [7, 11) is 1.77. The van der Waals surface area contributed by atoms with Crippen LogP contribution in [0, 0.1) is 29.1 Å². The van der Waals surface area contributed by atoms with Gasteiger partial charge in [0.15, 0.2) is 0 Å². The number of likely N-dealkylation sites (N-methyl/N-ethyl adjacent to an activating group) is 1. The molecular formula is C45H53N3O7S. The monoisotopic (exact) mass is 779 g/mol. The summed E-state index contributed by atoms with van der Waals surface area (Å²) in [6, 6.07) is 22.0. The lowest BCUT2D eigenvalue weighted by atomic mass is 9.55. The zero-order valence-corrected chi connectivity index (χ0v) is 33.4. The van der Waals surface area contributed by atoms with Crippen molar-refractivity contribution in [2.45, 2.75) is 74.5 Å². The number of amides is 1. The largest absolute Gasteiger partial charge is 0.459 e. The molecule has 3 aliphatic rings. The molecule has 1 amide bonds. The molecule has 6 unspecified atom stereocenters. The number of hydrogen-bond donors (Lipinski definition) is 2. The minimum absolute atomic E-state index is 0.0890. The fourth-order valence-corrected chi connectivity index (χ4v) is 9.15. The van der Waals surface area contributed by atoms with E-state index in [4.69, 9.17) is 24.2 Å². The van der Waals surface area contributed by atoms with Crippen LogP contribution < -0.4 is 9.47 Å². The van der Waals surface area contributed by atoms with Crippen molar-refractivity contribution < 1.29 is 34.1 Å². The maximum absolute atomic E-state index is 14.4. The summed E-state index contributed by atoms with van der Waals surface area (Å²) in [6.07, 6.45) is 11.1. The number of allylic oxidation sites excluding steroid dienone is 1. The summed E-state index contributed by atoms with van der Waals surface area (Å²) >= 11 is 1.67. The average Bonchev–Trinajstić information content (AvgIpc) is 3.23. The predicted octanol–water partition coefficient (Wildman–Crippen LogP) is 8.50. The van der Waals surface area contributed by atoms with Gasteiger partial charge >= 0.3 is 0 Å². The van der Waals surface area contributed by atoms with Gasteiger partial charge in [-0.1, -0.05) is 30.1 Å². The number of aliphatic hydroxyl groups excluding tert-OH is 2. The molecule has 0 radical (unpaired) electrons. The standard InChI is InChI=1S/C45H53N3O7S/c1-5-25-52-45-41(48(3)44(51)31-15-13-30(29-46)14-16-31)28-39(47-53-6-2)37-26-32(11-7-9-23-49)36(12-8-10-24-50)42(43(37)45)38-27-34(19-22-40(38)55-45)54-33-17-20-35(56-4)21-18-33/h5,13-22,26-27,32,36,41-43,49-50H,1,6-12,23-25,28H2,2-4H3. The van der Waals surface area contributed by atoms with Gasteiger partial charge in [0.05, 0.1) is 29.9 Å². The van der Waals surface area contributed by atoms with Gasteiger partial charge in [-0.2, -0.15) is 5.26 Å². The minimum Gasteiger partial charge on any atom is -0.459 e. The Morgan fingerprint density at radius 3 is 2.43 bits per heavy atom. The van der Waals surface area contributed by atoms with Crippen LogP contribution in [0.3, 0.4) is 0 Å². The summed E-state index contributed by atoms with van der Waals surface area (Å²) in [4.78, 5) is 23.0. The van der Waals surface area contributed by atoms with Crippen LogP contribution in [-0.4, -0.2) is 78.3 Å². The van der Waals surface area contributed by atoms with E-state index in [0.717, 1.165) is 53.2 Å².